The summed E-state index contributed by atoms with van der Waals surface area (Å²) in [6.45, 7) is 16.5. The van der Waals surface area contributed by atoms with Crippen LogP contribution in [0.2, 0.25) is 0 Å². The fourth-order valence-electron chi connectivity index (χ4n) is 4.03. The third-order valence-corrected chi connectivity index (χ3v) is 5.09. The van der Waals surface area contributed by atoms with Crippen molar-refractivity contribution in [2.75, 3.05) is 29.9 Å². The van der Waals surface area contributed by atoms with Crippen LogP contribution in [0.15, 0.2) is 18.5 Å². The van der Waals surface area contributed by atoms with Crippen molar-refractivity contribution in [3.8, 4) is 0 Å². The zero-order valence-corrected chi connectivity index (χ0v) is 20.4. The highest BCUT2D eigenvalue weighted by molar-refractivity contribution is 6.11. The second kappa shape index (κ2) is 9.42. The lowest BCUT2D eigenvalue weighted by Crippen LogP contribution is -2.53. The first-order valence-electron chi connectivity index (χ1n) is 10.9. The van der Waals surface area contributed by atoms with Crippen molar-refractivity contribution >= 4 is 23.6 Å². The van der Waals surface area contributed by atoms with Gasteiger partial charge in [-0.05, 0) is 66.5 Å². The standard InChI is InChI=1S/C23H38N4O4/c1-15-13-26(14-16(2)19(15)24-9)17-10-11-25-12-18(17)27(20(28)30-22(3,4)5)21(29)31-23(6,7)8/h10-12,15-16,19,24H,13-14H2,1-9H3/t15-,16+,19?. The Morgan fingerprint density at radius 2 is 1.52 bits per heavy atom. The summed E-state index contributed by atoms with van der Waals surface area (Å²) in [5.41, 5.74) is -0.435. The van der Waals surface area contributed by atoms with Crippen LogP contribution in [0.25, 0.3) is 0 Å². The molecule has 0 aliphatic carbocycles. The summed E-state index contributed by atoms with van der Waals surface area (Å²) in [5, 5.41) is 3.40. The Hall–Kier alpha value is -2.35. The van der Waals surface area contributed by atoms with Crippen molar-refractivity contribution in [3.63, 3.8) is 0 Å². The third kappa shape index (κ3) is 6.56. The molecule has 1 aromatic rings. The average molecular weight is 435 g/mol. The molecule has 0 spiro atoms. The predicted octanol–water partition coefficient (Wildman–Crippen LogP) is 4.44. The highest BCUT2D eigenvalue weighted by atomic mass is 16.6. The van der Waals surface area contributed by atoms with Gasteiger partial charge in [0.2, 0.25) is 0 Å². The van der Waals surface area contributed by atoms with Crippen LogP contribution in [0.3, 0.4) is 0 Å². The minimum atomic E-state index is -0.790. The molecule has 1 aromatic heterocycles. The Morgan fingerprint density at radius 3 is 1.94 bits per heavy atom. The van der Waals surface area contributed by atoms with Crippen LogP contribution in [0.4, 0.5) is 21.0 Å². The van der Waals surface area contributed by atoms with Crippen molar-refractivity contribution in [3.05, 3.63) is 18.5 Å². The molecule has 0 saturated carbocycles. The molecule has 1 unspecified atom stereocenters. The molecule has 1 aliphatic heterocycles. The largest absolute Gasteiger partial charge is 0.443 e. The fourth-order valence-corrected chi connectivity index (χ4v) is 4.03. The smallest absolute Gasteiger partial charge is 0.424 e. The van der Waals surface area contributed by atoms with Gasteiger partial charge in [0.05, 0.1) is 11.9 Å². The number of aromatic nitrogens is 1. The van der Waals surface area contributed by atoms with Gasteiger partial charge < -0.3 is 19.7 Å². The summed E-state index contributed by atoms with van der Waals surface area (Å²) in [7, 11) is 1.98. The zero-order valence-electron chi connectivity index (χ0n) is 20.4. The number of hydrogen-bond donors (Lipinski definition) is 1. The summed E-state index contributed by atoms with van der Waals surface area (Å²) in [5.74, 6) is 0.762. The molecule has 1 aliphatic rings. The van der Waals surface area contributed by atoms with Crippen LogP contribution in [0.5, 0.6) is 0 Å². The molecule has 1 N–H and O–H groups in total. The van der Waals surface area contributed by atoms with Crippen LogP contribution >= 0.6 is 0 Å². The minimum Gasteiger partial charge on any atom is -0.443 e. The number of amides is 2. The van der Waals surface area contributed by atoms with Crippen molar-refractivity contribution in [2.45, 2.75) is 72.6 Å². The van der Waals surface area contributed by atoms with E-state index in [-0.39, 0.29) is 0 Å². The molecule has 31 heavy (non-hydrogen) atoms. The highest BCUT2D eigenvalue weighted by Gasteiger charge is 2.37. The molecular formula is C23H38N4O4. The summed E-state index contributed by atoms with van der Waals surface area (Å²) >= 11 is 0. The molecule has 1 saturated heterocycles. The molecule has 1 fully saturated rings. The first kappa shape index (κ1) is 24.9. The van der Waals surface area contributed by atoms with E-state index >= 15 is 0 Å². The monoisotopic (exact) mass is 434 g/mol. The molecule has 174 valence electrons. The summed E-state index contributed by atoms with van der Waals surface area (Å²) in [4.78, 5) is 33.5. The van der Waals surface area contributed by atoms with Gasteiger partial charge in [-0.25, -0.2) is 9.59 Å². The number of nitrogens with zero attached hydrogens (tertiary/aromatic N) is 3. The van der Waals surface area contributed by atoms with E-state index in [4.69, 9.17) is 9.47 Å². The number of rotatable bonds is 3. The van der Waals surface area contributed by atoms with Crippen molar-refractivity contribution in [2.24, 2.45) is 11.8 Å². The van der Waals surface area contributed by atoms with Crippen LogP contribution in [0, 0.1) is 11.8 Å². The Kier molecular flexibility index (Phi) is 7.57. The first-order chi connectivity index (χ1) is 14.2. The van der Waals surface area contributed by atoms with E-state index in [9.17, 15) is 9.59 Å². The maximum absolute atomic E-state index is 13.1. The van der Waals surface area contributed by atoms with E-state index in [1.165, 1.54) is 6.20 Å². The molecule has 2 heterocycles. The highest BCUT2D eigenvalue weighted by Crippen LogP contribution is 2.35. The molecule has 8 heteroatoms. The van der Waals surface area contributed by atoms with Crippen molar-refractivity contribution in [1.29, 1.82) is 0 Å². The zero-order chi connectivity index (χ0) is 23.6. The second-order valence-electron chi connectivity index (χ2n) is 10.3. The van der Waals surface area contributed by atoms with E-state index in [1.807, 2.05) is 13.1 Å². The van der Waals surface area contributed by atoms with Gasteiger partial charge in [0.1, 0.15) is 16.9 Å². The topological polar surface area (TPSA) is 84.0 Å². The SMILES string of the molecule is CNC1[C@H](C)CN(c2ccncc2N(C(=O)OC(C)(C)C)C(=O)OC(C)(C)C)C[C@@H]1C. The molecule has 8 nitrogen and oxygen atoms in total. The van der Waals surface area contributed by atoms with E-state index in [0.717, 1.165) is 23.7 Å². The minimum absolute atomic E-state index is 0.355. The van der Waals surface area contributed by atoms with Gasteiger partial charge in [0.25, 0.3) is 0 Å². The lowest BCUT2D eigenvalue weighted by molar-refractivity contribution is 0.0430. The lowest BCUT2D eigenvalue weighted by Gasteiger charge is -2.43. The van der Waals surface area contributed by atoms with E-state index in [2.05, 4.69) is 29.0 Å². The third-order valence-electron chi connectivity index (χ3n) is 5.09. The number of nitrogens with one attached hydrogen (secondary N) is 1. The quantitative estimate of drug-likeness (QED) is 0.753. The molecule has 0 radical (unpaired) electrons. The van der Waals surface area contributed by atoms with Crippen molar-refractivity contribution < 1.29 is 19.1 Å². The number of imide groups is 1. The van der Waals surface area contributed by atoms with Gasteiger partial charge in [-0.3, -0.25) is 4.98 Å². The number of carbonyl (C=O) groups is 2. The van der Waals surface area contributed by atoms with E-state index in [0.29, 0.717) is 23.6 Å². The molecule has 2 amide bonds. The Balaban J connectivity index is 2.47. The molecule has 3 atom stereocenters. The molecule has 0 bridgehead atoms. The van der Waals surface area contributed by atoms with E-state index < -0.39 is 23.4 Å². The van der Waals surface area contributed by atoms with Gasteiger partial charge in [0, 0.05) is 25.3 Å². The maximum Gasteiger partial charge on any atom is 0.424 e. The number of carbonyl (C=O) groups excluding carboxylic acids is 2. The normalized spacial score (nSPS) is 22.1. The van der Waals surface area contributed by atoms with Crippen LogP contribution in [0.1, 0.15) is 55.4 Å². The van der Waals surface area contributed by atoms with Gasteiger partial charge in [-0.2, -0.15) is 4.90 Å². The summed E-state index contributed by atoms with van der Waals surface area (Å²) in [6.07, 6.45) is 1.60. The number of anilines is 2. The molecule has 2 rings (SSSR count). The Labute approximate surface area is 186 Å². The number of hydrogen-bond acceptors (Lipinski definition) is 7. The first-order valence-corrected chi connectivity index (χ1v) is 10.9. The van der Waals surface area contributed by atoms with E-state index in [1.54, 1.807) is 47.7 Å². The van der Waals surface area contributed by atoms with Crippen LogP contribution in [-0.2, 0) is 9.47 Å². The van der Waals surface area contributed by atoms with Crippen molar-refractivity contribution in [1.82, 2.24) is 10.3 Å². The number of ether oxygens (including phenoxy) is 2. The van der Waals surface area contributed by atoms with Gasteiger partial charge in [-0.1, -0.05) is 13.8 Å². The number of piperidine rings is 1. The number of pyridine rings is 1. The van der Waals surface area contributed by atoms with Crippen LogP contribution < -0.4 is 15.1 Å². The molecule has 0 aromatic carbocycles. The fraction of sp³-hybridized carbons (Fsp3) is 0.696. The second-order valence-corrected chi connectivity index (χ2v) is 10.3. The predicted molar refractivity (Wildman–Crippen MR) is 123 cm³/mol. The summed E-state index contributed by atoms with van der Waals surface area (Å²) in [6, 6.07) is 2.23. The maximum atomic E-state index is 13.1. The van der Waals surface area contributed by atoms with Crippen LogP contribution in [-0.4, -0.2) is 54.6 Å². The molecular weight excluding hydrogens is 396 g/mol. The van der Waals surface area contributed by atoms with Gasteiger partial charge in [0.15, 0.2) is 0 Å². The average Bonchev–Trinajstić information content (AvgIpc) is 2.59. The van der Waals surface area contributed by atoms with Gasteiger partial charge >= 0.3 is 12.2 Å². The Morgan fingerprint density at radius 1 is 1.03 bits per heavy atom. The lowest BCUT2D eigenvalue weighted by atomic mass is 9.85. The Bertz CT molecular complexity index is 745. The van der Waals surface area contributed by atoms with Gasteiger partial charge in [-0.15, -0.1) is 0 Å². The summed E-state index contributed by atoms with van der Waals surface area (Å²) < 4.78 is 11.1.